The molecule has 108 valence electrons. The average molecular weight is 267 g/mol. The fourth-order valence-corrected chi connectivity index (χ4v) is 2.71. The first-order valence-electron chi connectivity index (χ1n) is 6.86. The van der Waals surface area contributed by atoms with Gasteiger partial charge in [0.2, 0.25) is 0 Å². The lowest BCUT2D eigenvalue weighted by Crippen LogP contribution is -2.56. The summed E-state index contributed by atoms with van der Waals surface area (Å²) in [5.41, 5.74) is 6.24. The van der Waals surface area contributed by atoms with Gasteiger partial charge in [-0.05, 0) is 20.9 Å². The molecule has 0 amide bonds. The zero-order valence-electron chi connectivity index (χ0n) is 12.0. The van der Waals surface area contributed by atoms with Crippen LogP contribution < -0.4 is 5.73 Å². The molecule has 6 heteroatoms. The van der Waals surface area contributed by atoms with Crippen LogP contribution >= 0.6 is 0 Å². The van der Waals surface area contributed by atoms with Gasteiger partial charge in [-0.3, -0.25) is 14.5 Å². The topological polar surface area (TPSA) is 70.5 Å². The molecule has 0 bridgehead atoms. The van der Waals surface area contributed by atoms with Crippen LogP contribution in [0.25, 0.3) is 0 Å². The summed E-state index contributed by atoms with van der Waals surface area (Å²) >= 11 is 0. The first kappa shape index (κ1) is 14.3. The summed E-state index contributed by atoms with van der Waals surface area (Å²) in [7, 11) is 2.16. The number of β-amino-alcohol motifs (C(OH)–C–C–N with tert-alkyl or cyclic N) is 1. The van der Waals surface area contributed by atoms with Crippen molar-refractivity contribution in [3.8, 4) is 0 Å². The highest BCUT2D eigenvalue weighted by molar-refractivity contribution is 5.30. The van der Waals surface area contributed by atoms with Gasteiger partial charge in [-0.25, -0.2) is 0 Å². The molecule has 1 aromatic heterocycles. The number of hydrogen-bond donors (Lipinski definition) is 2. The third kappa shape index (κ3) is 3.68. The van der Waals surface area contributed by atoms with Crippen molar-refractivity contribution >= 4 is 5.69 Å². The van der Waals surface area contributed by atoms with Gasteiger partial charge >= 0.3 is 0 Å². The van der Waals surface area contributed by atoms with Crippen LogP contribution in [0.15, 0.2) is 12.4 Å². The zero-order chi connectivity index (χ0) is 14.0. The average Bonchev–Trinajstić information content (AvgIpc) is 2.71. The van der Waals surface area contributed by atoms with Crippen molar-refractivity contribution < 1.29 is 5.11 Å². The fraction of sp³-hybridized carbons (Fsp3) is 0.769. The smallest absolute Gasteiger partial charge is 0.0862 e. The van der Waals surface area contributed by atoms with Gasteiger partial charge in [-0.15, -0.1) is 0 Å². The predicted molar refractivity (Wildman–Crippen MR) is 75.8 cm³/mol. The molecular weight excluding hydrogens is 242 g/mol. The zero-order valence-corrected chi connectivity index (χ0v) is 12.0. The molecule has 3 N–H and O–H groups in total. The number of anilines is 1. The lowest BCUT2D eigenvalue weighted by molar-refractivity contribution is 0.0233. The number of likely N-dealkylation sites (N-methyl/N-ethyl adjacent to an activating group) is 1. The van der Waals surface area contributed by atoms with Gasteiger partial charge in [0.1, 0.15) is 0 Å². The van der Waals surface area contributed by atoms with Crippen LogP contribution in [0.1, 0.15) is 13.8 Å². The molecule has 19 heavy (non-hydrogen) atoms. The number of aliphatic hydroxyl groups is 1. The van der Waals surface area contributed by atoms with E-state index in [1.165, 1.54) is 0 Å². The molecule has 1 aliphatic rings. The highest BCUT2D eigenvalue weighted by Crippen LogP contribution is 2.13. The van der Waals surface area contributed by atoms with Gasteiger partial charge in [-0.1, -0.05) is 0 Å². The second kappa shape index (κ2) is 5.90. The van der Waals surface area contributed by atoms with Crippen LogP contribution in [0, 0.1) is 0 Å². The van der Waals surface area contributed by atoms with E-state index in [1.807, 2.05) is 0 Å². The van der Waals surface area contributed by atoms with E-state index in [4.69, 9.17) is 5.73 Å². The first-order chi connectivity index (χ1) is 8.95. The molecule has 1 aromatic rings. The normalized spacial score (nSPS) is 27.6. The molecular formula is C13H25N5O. The molecule has 2 rings (SSSR count). The fourth-order valence-electron chi connectivity index (χ4n) is 2.71. The molecule has 0 radical (unpaired) electrons. The summed E-state index contributed by atoms with van der Waals surface area (Å²) in [5, 5.41) is 14.2. The lowest BCUT2D eigenvalue weighted by Gasteiger charge is -2.43. The van der Waals surface area contributed by atoms with Crippen LogP contribution in [0.3, 0.4) is 0 Å². The Hall–Kier alpha value is -1.11. The first-order valence-corrected chi connectivity index (χ1v) is 6.86. The van der Waals surface area contributed by atoms with Crippen molar-refractivity contribution in [2.45, 2.75) is 38.6 Å². The number of nitrogens with two attached hydrogens (primary N) is 1. The number of rotatable bonds is 4. The van der Waals surface area contributed by atoms with Gasteiger partial charge in [0.05, 0.1) is 24.5 Å². The maximum Gasteiger partial charge on any atom is 0.0862 e. The highest BCUT2D eigenvalue weighted by Gasteiger charge is 2.27. The number of nitrogens with zero attached hydrogens (tertiary/aromatic N) is 4. The third-order valence-corrected chi connectivity index (χ3v) is 3.96. The Kier molecular flexibility index (Phi) is 4.44. The van der Waals surface area contributed by atoms with E-state index in [2.05, 4.69) is 35.8 Å². The minimum Gasteiger partial charge on any atom is -0.396 e. The second-order valence-corrected chi connectivity index (χ2v) is 5.73. The molecule has 0 spiro atoms. The molecule has 1 aliphatic heterocycles. The summed E-state index contributed by atoms with van der Waals surface area (Å²) in [6.45, 7) is 7.62. The largest absolute Gasteiger partial charge is 0.396 e. The minimum atomic E-state index is -0.415. The summed E-state index contributed by atoms with van der Waals surface area (Å²) < 4.78 is 1.70. The molecule has 2 heterocycles. The van der Waals surface area contributed by atoms with E-state index in [1.54, 1.807) is 17.1 Å². The van der Waals surface area contributed by atoms with E-state index in [-0.39, 0.29) is 0 Å². The van der Waals surface area contributed by atoms with E-state index >= 15 is 0 Å². The Morgan fingerprint density at radius 1 is 1.37 bits per heavy atom. The van der Waals surface area contributed by atoms with Crippen LogP contribution in [0.4, 0.5) is 5.69 Å². The van der Waals surface area contributed by atoms with Crippen LogP contribution in [0.2, 0.25) is 0 Å². The maximum absolute atomic E-state index is 10.1. The van der Waals surface area contributed by atoms with Crippen molar-refractivity contribution in [2.75, 3.05) is 32.4 Å². The monoisotopic (exact) mass is 267 g/mol. The van der Waals surface area contributed by atoms with E-state index in [0.717, 1.165) is 13.1 Å². The number of piperazine rings is 1. The number of hydrogen-bond acceptors (Lipinski definition) is 5. The van der Waals surface area contributed by atoms with E-state index < -0.39 is 6.10 Å². The number of aliphatic hydroxyl groups excluding tert-OH is 1. The van der Waals surface area contributed by atoms with Crippen LogP contribution in [-0.4, -0.2) is 69.6 Å². The Morgan fingerprint density at radius 3 is 2.53 bits per heavy atom. The SMILES string of the molecule is CC1CN(CC(O)Cn2cc(N)cn2)CC(C)N1C. The minimum absolute atomic E-state index is 0.415. The standard InChI is InChI=1S/C13H25N5O/c1-10-5-17(6-11(2)16(10)3)8-13(19)9-18-7-12(14)4-15-18/h4,7,10-11,13,19H,5-6,8-9,14H2,1-3H3. The maximum atomic E-state index is 10.1. The van der Waals surface area contributed by atoms with Gasteiger partial charge in [0, 0.05) is 37.9 Å². The van der Waals surface area contributed by atoms with Crippen molar-refractivity contribution in [3.63, 3.8) is 0 Å². The molecule has 3 atom stereocenters. The summed E-state index contributed by atoms with van der Waals surface area (Å²) in [6.07, 6.45) is 2.94. The van der Waals surface area contributed by atoms with Gasteiger partial charge in [0.15, 0.2) is 0 Å². The van der Waals surface area contributed by atoms with Gasteiger partial charge in [0.25, 0.3) is 0 Å². The second-order valence-electron chi connectivity index (χ2n) is 5.73. The van der Waals surface area contributed by atoms with Crippen molar-refractivity contribution in [1.82, 2.24) is 19.6 Å². The molecule has 0 aliphatic carbocycles. The molecule has 3 unspecified atom stereocenters. The van der Waals surface area contributed by atoms with E-state index in [9.17, 15) is 5.11 Å². The highest BCUT2D eigenvalue weighted by atomic mass is 16.3. The van der Waals surface area contributed by atoms with Gasteiger partial charge in [-0.2, -0.15) is 5.10 Å². The van der Waals surface area contributed by atoms with Crippen molar-refractivity contribution in [1.29, 1.82) is 0 Å². The quantitative estimate of drug-likeness (QED) is 0.794. The lowest BCUT2D eigenvalue weighted by atomic mass is 10.1. The molecule has 0 saturated carbocycles. The Labute approximate surface area is 114 Å². The van der Waals surface area contributed by atoms with Gasteiger partial charge < -0.3 is 10.8 Å². The molecule has 0 aromatic carbocycles. The summed E-state index contributed by atoms with van der Waals surface area (Å²) in [6, 6.07) is 1.05. The van der Waals surface area contributed by atoms with Crippen LogP contribution in [0.5, 0.6) is 0 Å². The molecule has 1 fully saturated rings. The molecule has 6 nitrogen and oxygen atoms in total. The van der Waals surface area contributed by atoms with E-state index in [0.29, 0.717) is 30.9 Å². The summed E-state index contributed by atoms with van der Waals surface area (Å²) in [5.74, 6) is 0. The van der Waals surface area contributed by atoms with Crippen molar-refractivity contribution in [3.05, 3.63) is 12.4 Å². The predicted octanol–water partition coefficient (Wildman–Crippen LogP) is -0.149. The van der Waals surface area contributed by atoms with Crippen molar-refractivity contribution in [2.24, 2.45) is 0 Å². The van der Waals surface area contributed by atoms with Crippen LogP contribution in [-0.2, 0) is 6.54 Å². The Bertz CT molecular complexity index is 395. The third-order valence-electron chi connectivity index (χ3n) is 3.96. The Balaban J connectivity index is 1.83. The molecule has 1 saturated heterocycles. The number of nitrogen functional groups attached to an aromatic ring is 1. The number of aromatic nitrogens is 2. The summed E-state index contributed by atoms with van der Waals surface area (Å²) in [4.78, 5) is 4.71. The Morgan fingerprint density at radius 2 is 2.00 bits per heavy atom.